The molecule has 0 amide bonds. The summed E-state index contributed by atoms with van der Waals surface area (Å²) >= 11 is 0. The number of halogens is 1. The quantitative estimate of drug-likeness (QED) is 0.727. The summed E-state index contributed by atoms with van der Waals surface area (Å²) in [7, 11) is 0. The van der Waals surface area contributed by atoms with Gasteiger partial charge in [0.2, 0.25) is 0 Å². The van der Waals surface area contributed by atoms with Crippen molar-refractivity contribution >= 4 is 11.6 Å². The highest BCUT2D eigenvalue weighted by Gasteiger charge is 2.60. The van der Waals surface area contributed by atoms with Gasteiger partial charge in [0, 0.05) is 12.3 Å². The summed E-state index contributed by atoms with van der Waals surface area (Å²) < 4.78 is 13.3. The summed E-state index contributed by atoms with van der Waals surface area (Å²) in [5.74, 6) is 2.97. The van der Waals surface area contributed by atoms with E-state index in [0.29, 0.717) is 41.8 Å². The molecule has 3 heteroatoms. The van der Waals surface area contributed by atoms with Gasteiger partial charge in [0.05, 0.1) is 0 Å². The van der Waals surface area contributed by atoms with Gasteiger partial charge in [-0.3, -0.25) is 9.59 Å². The van der Waals surface area contributed by atoms with E-state index in [1.54, 1.807) is 0 Å². The zero-order chi connectivity index (χ0) is 17.8. The zero-order valence-electron chi connectivity index (χ0n) is 15.6. The number of carbonyl (C=O) groups is 2. The highest BCUT2D eigenvalue weighted by molar-refractivity contribution is 5.91. The van der Waals surface area contributed by atoms with Crippen molar-refractivity contribution in [3.8, 4) is 0 Å². The van der Waals surface area contributed by atoms with E-state index in [1.165, 1.54) is 5.57 Å². The molecule has 4 rings (SSSR count). The molecule has 4 aliphatic carbocycles. The van der Waals surface area contributed by atoms with Crippen LogP contribution >= 0.6 is 0 Å². The molecule has 25 heavy (non-hydrogen) atoms. The molecule has 0 aliphatic heterocycles. The average Bonchev–Trinajstić information content (AvgIpc) is 2.93. The minimum Gasteiger partial charge on any atom is -0.296 e. The third-order valence-electron chi connectivity index (χ3n) is 8.48. The molecule has 0 spiro atoms. The van der Waals surface area contributed by atoms with E-state index >= 15 is 0 Å². The van der Waals surface area contributed by atoms with Crippen LogP contribution in [0.25, 0.3) is 0 Å². The van der Waals surface area contributed by atoms with Crippen LogP contribution < -0.4 is 0 Å². The number of fused-ring (bicyclic) bond motifs is 5. The number of Topliss-reactive ketones (excluding diaryl/α,β-unsaturated/α-hetero) is 1. The van der Waals surface area contributed by atoms with Crippen LogP contribution in [0.15, 0.2) is 11.6 Å². The van der Waals surface area contributed by atoms with Crippen LogP contribution in [0.1, 0.15) is 65.2 Å². The first-order valence-corrected chi connectivity index (χ1v) is 10.3. The molecule has 0 aromatic heterocycles. The molecular formula is C22H31FO2. The number of hydrogen-bond donors (Lipinski definition) is 0. The normalized spacial score (nSPS) is 46.0. The zero-order valence-corrected chi connectivity index (χ0v) is 15.6. The topological polar surface area (TPSA) is 34.1 Å². The van der Waals surface area contributed by atoms with Gasteiger partial charge in [-0.25, -0.2) is 4.39 Å². The van der Waals surface area contributed by atoms with Crippen molar-refractivity contribution < 1.29 is 14.0 Å². The second-order valence-electron chi connectivity index (χ2n) is 9.33. The predicted octanol–water partition coefficient (Wildman–Crippen LogP) is 4.92. The van der Waals surface area contributed by atoms with Crippen molar-refractivity contribution in [2.75, 3.05) is 6.67 Å². The van der Waals surface area contributed by atoms with Crippen molar-refractivity contribution in [1.29, 1.82) is 0 Å². The average molecular weight is 346 g/mol. The van der Waals surface area contributed by atoms with Crippen LogP contribution in [0.4, 0.5) is 4.39 Å². The Morgan fingerprint density at radius 2 is 2.04 bits per heavy atom. The Kier molecular flexibility index (Phi) is 4.40. The third kappa shape index (κ3) is 2.56. The summed E-state index contributed by atoms with van der Waals surface area (Å²) in [5, 5.41) is 0. The summed E-state index contributed by atoms with van der Waals surface area (Å²) in [5.41, 5.74) is 1.40. The number of carbonyl (C=O) groups excluding carboxylic acids is 2. The fourth-order valence-corrected chi connectivity index (χ4v) is 7.48. The highest BCUT2D eigenvalue weighted by Crippen LogP contribution is 2.65. The molecule has 4 aliphatic rings. The van der Waals surface area contributed by atoms with Gasteiger partial charge in [0.15, 0.2) is 11.6 Å². The summed E-state index contributed by atoms with van der Waals surface area (Å²) in [4.78, 5) is 24.2. The van der Waals surface area contributed by atoms with E-state index in [9.17, 15) is 14.0 Å². The Morgan fingerprint density at radius 1 is 1.24 bits per heavy atom. The van der Waals surface area contributed by atoms with Gasteiger partial charge < -0.3 is 0 Å². The Hall–Kier alpha value is -0.990. The maximum Gasteiger partial charge on any atom is 0.167 e. The molecule has 3 fully saturated rings. The Morgan fingerprint density at radius 3 is 2.76 bits per heavy atom. The van der Waals surface area contributed by atoms with Crippen molar-refractivity contribution in [2.45, 2.75) is 65.2 Å². The first-order valence-electron chi connectivity index (χ1n) is 10.3. The lowest BCUT2D eigenvalue weighted by atomic mass is 9.51. The summed E-state index contributed by atoms with van der Waals surface area (Å²) in [6.45, 7) is 3.66. The first-order chi connectivity index (χ1) is 12.0. The van der Waals surface area contributed by atoms with E-state index in [4.69, 9.17) is 0 Å². The van der Waals surface area contributed by atoms with Crippen LogP contribution in [0.5, 0.6) is 0 Å². The van der Waals surface area contributed by atoms with E-state index in [1.807, 2.05) is 6.08 Å². The number of hydrogen-bond acceptors (Lipinski definition) is 2. The van der Waals surface area contributed by atoms with E-state index < -0.39 is 6.67 Å². The molecule has 3 saturated carbocycles. The molecule has 0 N–H and O–H groups in total. The molecular weight excluding hydrogens is 315 g/mol. The van der Waals surface area contributed by atoms with E-state index in [0.717, 1.165) is 44.9 Å². The smallest absolute Gasteiger partial charge is 0.167 e. The largest absolute Gasteiger partial charge is 0.296 e. The SMILES string of the molecule is CCC1CC2C3CCC4=CC(=O)CCC4C3CCC2(C)C1C(=O)CF. The van der Waals surface area contributed by atoms with E-state index in [-0.39, 0.29) is 17.1 Å². The number of alkyl halides is 1. The maximum absolute atomic E-state index is 13.3. The minimum absolute atomic E-state index is 0.00325. The Labute approximate surface area is 150 Å². The number of ketones is 2. The summed E-state index contributed by atoms with van der Waals surface area (Å²) in [6, 6.07) is 0. The molecule has 2 nitrogen and oxygen atoms in total. The van der Waals surface area contributed by atoms with Crippen LogP contribution in [0.2, 0.25) is 0 Å². The monoisotopic (exact) mass is 346 g/mol. The highest BCUT2D eigenvalue weighted by atomic mass is 19.1. The lowest BCUT2D eigenvalue weighted by Gasteiger charge is -2.53. The maximum atomic E-state index is 13.3. The molecule has 0 aromatic rings. The van der Waals surface area contributed by atoms with Crippen molar-refractivity contribution in [2.24, 2.45) is 40.9 Å². The van der Waals surface area contributed by atoms with Gasteiger partial charge in [-0.15, -0.1) is 0 Å². The van der Waals surface area contributed by atoms with Crippen LogP contribution in [-0.4, -0.2) is 18.2 Å². The number of allylic oxidation sites excluding steroid dienone is 1. The number of rotatable bonds is 3. The van der Waals surface area contributed by atoms with Gasteiger partial charge in [-0.05, 0) is 79.6 Å². The molecule has 138 valence electrons. The lowest BCUT2D eigenvalue weighted by molar-refractivity contribution is -0.131. The van der Waals surface area contributed by atoms with Crippen LogP contribution in [0, 0.1) is 40.9 Å². The lowest BCUT2D eigenvalue weighted by Crippen LogP contribution is -2.48. The van der Waals surface area contributed by atoms with Crippen molar-refractivity contribution in [3.05, 3.63) is 11.6 Å². The predicted molar refractivity (Wildman–Crippen MR) is 95.7 cm³/mol. The van der Waals surface area contributed by atoms with Gasteiger partial charge in [0.25, 0.3) is 0 Å². The van der Waals surface area contributed by atoms with Crippen LogP contribution in [-0.2, 0) is 9.59 Å². The second-order valence-corrected chi connectivity index (χ2v) is 9.33. The third-order valence-corrected chi connectivity index (χ3v) is 8.48. The standard InChI is InChI=1S/C22H31FO2/c1-3-13-11-19-18-6-4-14-10-15(24)5-7-16(14)17(18)8-9-22(19,2)21(13)20(25)12-23/h10,13,16-19,21H,3-9,11-12H2,1-2H3. The first kappa shape index (κ1) is 17.4. The van der Waals surface area contributed by atoms with Gasteiger partial charge >= 0.3 is 0 Å². The molecule has 0 saturated heterocycles. The second kappa shape index (κ2) is 6.32. The van der Waals surface area contributed by atoms with Crippen LogP contribution in [0.3, 0.4) is 0 Å². The van der Waals surface area contributed by atoms with Crippen molar-refractivity contribution in [1.82, 2.24) is 0 Å². The van der Waals surface area contributed by atoms with Gasteiger partial charge in [0.1, 0.15) is 6.67 Å². The Balaban J connectivity index is 1.64. The van der Waals surface area contributed by atoms with E-state index in [2.05, 4.69) is 13.8 Å². The molecule has 0 aromatic carbocycles. The fraction of sp³-hybridized carbons (Fsp3) is 0.818. The van der Waals surface area contributed by atoms with Crippen molar-refractivity contribution in [3.63, 3.8) is 0 Å². The van der Waals surface area contributed by atoms with Gasteiger partial charge in [-0.2, -0.15) is 0 Å². The van der Waals surface area contributed by atoms with Gasteiger partial charge in [-0.1, -0.05) is 25.8 Å². The molecule has 0 bridgehead atoms. The molecule has 7 atom stereocenters. The minimum atomic E-state index is -0.796. The molecule has 0 radical (unpaired) electrons. The Bertz CT molecular complexity index is 609. The summed E-state index contributed by atoms with van der Waals surface area (Å²) in [6.07, 6.45) is 10.2. The molecule has 7 unspecified atom stereocenters. The fourth-order valence-electron chi connectivity index (χ4n) is 7.48. The molecule has 0 heterocycles.